The van der Waals surface area contributed by atoms with Crippen molar-refractivity contribution >= 4 is 37.9 Å². The summed E-state index contributed by atoms with van der Waals surface area (Å²) in [6, 6.07) is 13.0. The number of hydrogen-bond donors (Lipinski definition) is 0. The molecule has 0 N–H and O–H groups in total. The summed E-state index contributed by atoms with van der Waals surface area (Å²) in [5.41, 5.74) is 0.724. The van der Waals surface area contributed by atoms with Gasteiger partial charge in [0, 0.05) is 16.3 Å². The number of hydrogen-bond acceptors (Lipinski definition) is 1. The normalized spacial score (nSPS) is 12.2. The number of furan rings is 1. The quantitative estimate of drug-likeness (QED) is 0.227. The fraction of sp³-hybridized carbons (Fsp3) is 0.182. The molecule has 1 heterocycles. The Morgan fingerprint density at radius 1 is 0.857 bits per heavy atom. The van der Waals surface area contributed by atoms with Crippen LogP contribution in [0.4, 0.5) is 17.6 Å². The largest absolute Gasteiger partial charge is 0.450 e. The van der Waals surface area contributed by atoms with Gasteiger partial charge in [0.15, 0.2) is 22.8 Å². The maximum Gasteiger partial charge on any atom is 0.329 e. The molecule has 0 amide bonds. The van der Waals surface area contributed by atoms with Gasteiger partial charge in [-0.1, -0.05) is 43.7 Å². The van der Waals surface area contributed by atoms with Crippen LogP contribution in [0.25, 0.3) is 33.1 Å². The zero-order chi connectivity index (χ0) is 20.1. The third-order valence-electron chi connectivity index (χ3n) is 4.80. The molecule has 0 radical (unpaired) electrons. The van der Waals surface area contributed by atoms with Crippen molar-refractivity contribution in [2.24, 2.45) is 0 Å². The third-order valence-corrected chi connectivity index (χ3v) is 5.22. The number of halogens is 5. The van der Waals surface area contributed by atoms with Crippen molar-refractivity contribution in [3.8, 4) is 11.1 Å². The van der Waals surface area contributed by atoms with Crippen LogP contribution in [0.3, 0.4) is 0 Å². The summed E-state index contributed by atoms with van der Waals surface area (Å²) in [6.45, 7) is 2.08. The highest BCUT2D eigenvalue weighted by molar-refractivity contribution is 9.09. The number of alkyl halides is 3. The summed E-state index contributed by atoms with van der Waals surface area (Å²) in [6.07, 6.45) is 1.95. The van der Waals surface area contributed by atoms with Gasteiger partial charge in [-0.25, -0.2) is 8.78 Å². The summed E-state index contributed by atoms with van der Waals surface area (Å²) >= 11 is 2.15. The maximum absolute atomic E-state index is 15.1. The molecule has 4 aromatic rings. The molecule has 1 nitrogen and oxygen atoms in total. The van der Waals surface area contributed by atoms with E-state index in [0.717, 1.165) is 24.5 Å². The van der Waals surface area contributed by atoms with Crippen LogP contribution in [-0.4, -0.2) is 0 Å². The predicted octanol–water partition coefficient (Wildman–Crippen LogP) is 7.93. The Bertz CT molecular complexity index is 1170. The Morgan fingerprint density at radius 3 is 2.07 bits per heavy atom. The number of rotatable bonds is 4. The van der Waals surface area contributed by atoms with Crippen LogP contribution in [0.2, 0.25) is 0 Å². The van der Waals surface area contributed by atoms with Gasteiger partial charge in [-0.15, -0.1) is 0 Å². The molecule has 0 atom stereocenters. The second kappa shape index (κ2) is 6.92. The molecule has 4 rings (SSSR count). The highest BCUT2D eigenvalue weighted by Gasteiger charge is 2.33. The molecule has 0 aliphatic rings. The van der Waals surface area contributed by atoms with Crippen LogP contribution in [0, 0.1) is 11.6 Å². The molecule has 144 valence electrons. The number of fused-ring (bicyclic) bond motifs is 3. The highest BCUT2D eigenvalue weighted by atomic mass is 79.9. The van der Waals surface area contributed by atoms with Gasteiger partial charge in [0.2, 0.25) is 0 Å². The van der Waals surface area contributed by atoms with Crippen molar-refractivity contribution in [3.05, 3.63) is 71.3 Å². The van der Waals surface area contributed by atoms with Gasteiger partial charge in [-0.05, 0) is 51.7 Å². The minimum Gasteiger partial charge on any atom is -0.450 e. The van der Waals surface area contributed by atoms with Gasteiger partial charge in [0.1, 0.15) is 0 Å². The minimum absolute atomic E-state index is 0.154. The highest BCUT2D eigenvalue weighted by Crippen LogP contribution is 2.42. The standard InChI is InChI=1S/C22H15BrF4O/c1-2-3-12-4-6-13(7-5-12)14-8-9-15-16-10-11-17(22(23,26)27)19(25)21(16)28-20(15)18(14)24/h4-11H,2-3H2,1H3. The van der Waals surface area contributed by atoms with Crippen LogP contribution >= 0.6 is 15.9 Å². The van der Waals surface area contributed by atoms with Crippen molar-refractivity contribution in [1.29, 1.82) is 0 Å². The first-order valence-corrected chi connectivity index (χ1v) is 9.60. The van der Waals surface area contributed by atoms with E-state index in [-0.39, 0.29) is 16.6 Å². The zero-order valence-electron chi connectivity index (χ0n) is 14.8. The number of aryl methyl sites for hydroxylation is 1. The van der Waals surface area contributed by atoms with Crippen LogP contribution in [0.1, 0.15) is 24.5 Å². The molecule has 3 aromatic carbocycles. The van der Waals surface area contributed by atoms with E-state index in [4.69, 9.17) is 4.42 Å². The van der Waals surface area contributed by atoms with Gasteiger partial charge in [-0.2, -0.15) is 8.78 Å². The molecule has 0 saturated heterocycles. The summed E-state index contributed by atoms with van der Waals surface area (Å²) < 4.78 is 62.1. The molecule has 28 heavy (non-hydrogen) atoms. The topological polar surface area (TPSA) is 13.1 Å². The Balaban J connectivity index is 1.89. The van der Waals surface area contributed by atoms with Gasteiger partial charge in [0.25, 0.3) is 0 Å². The Hall–Kier alpha value is -2.34. The van der Waals surface area contributed by atoms with E-state index >= 15 is 4.39 Å². The average Bonchev–Trinajstić information content (AvgIpc) is 3.03. The van der Waals surface area contributed by atoms with Crippen LogP contribution in [-0.2, 0) is 11.3 Å². The lowest BCUT2D eigenvalue weighted by Crippen LogP contribution is -2.05. The fourth-order valence-corrected chi connectivity index (χ4v) is 3.73. The van der Waals surface area contributed by atoms with E-state index in [1.807, 2.05) is 24.3 Å². The van der Waals surface area contributed by atoms with Gasteiger partial charge in [0.05, 0.1) is 5.56 Å². The van der Waals surface area contributed by atoms with E-state index in [9.17, 15) is 13.2 Å². The lowest BCUT2D eigenvalue weighted by Gasteiger charge is -2.09. The smallest absolute Gasteiger partial charge is 0.329 e. The molecular weight excluding hydrogens is 436 g/mol. The molecule has 0 unspecified atom stereocenters. The van der Waals surface area contributed by atoms with Crippen molar-refractivity contribution in [2.75, 3.05) is 0 Å². The molecule has 6 heteroatoms. The summed E-state index contributed by atoms with van der Waals surface area (Å²) in [5, 5.41) is 0.582. The minimum atomic E-state index is -3.55. The zero-order valence-corrected chi connectivity index (χ0v) is 16.4. The molecule has 1 aromatic heterocycles. The summed E-state index contributed by atoms with van der Waals surface area (Å²) in [4.78, 5) is -3.55. The monoisotopic (exact) mass is 450 g/mol. The van der Waals surface area contributed by atoms with E-state index in [0.29, 0.717) is 16.5 Å². The fourth-order valence-electron chi connectivity index (χ4n) is 3.42. The van der Waals surface area contributed by atoms with Crippen molar-refractivity contribution in [2.45, 2.75) is 24.6 Å². The summed E-state index contributed by atoms with van der Waals surface area (Å²) in [5.74, 6) is -1.86. The predicted molar refractivity (Wildman–Crippen MR) is 106 cm³/mol. The maximum atomic E-state index is 15.1. The Labute approximate surface area is 167 Å². The molecule has 0 spiro atoms. The summed E-state index contributed by atoms with van der Waals surface area (Å²) in [7, 11) is 0. The number of benzene rings is 3. The average molecular weight is 451 g/mol. The molecule has 0 aliphatic carbocycles. The SMILES string of the molecule is CCCc1ccc(-c2ccc3c(oc4c(F)c(C(F)(F)Br)ccc43)c2F)cc1. The second-order valence-corrected chi connectivity index (χ2v) is 7.65. The van der Waals surface area contributed by atoms with E-state index in [2.05, 4.69) is 22.9 Å². The van der Waals surface area contributed by atoms with Crippen molar-refractivity contribution in [3.63, 3.8) is 0 Å². The molecule has 0 fully saturated rings. The lowest BCUT2D eigenvalue weighted by molar-refractivity contribution is 0.110. The van der Waals surface area contributed by atoms with Crippen LogP contribution in [0.15, 0.2) is 52.9 Å². The van der Waals surface area contributed by atoms with Crippen LogP contribution in [0.5, 0.6) is 0 Å². The molecule has 0 saturated carbocycles. The van der Waals surface area contributed by atoms with Gasteiger partial charge >= 0.3 is 4.83 Å². The third kappa shape index (κ3) is 3.09. The molecular formula is C22H15BrF4O. The molecule has 0 bridgehead atoms. The van der Waals surface area contributed by atoms with E-state index in [1.54, 1.807) is 12.1 Å². The van der Waals surface area contributed by atoms with Crippen LogP contribution < -0.4 is 0 Å². The first-order chi connectivity index (χ1) is 13.3. The molecule has 0 aliphatic heterocycles. The first kappa shape index (κ1) is 19.0. The van der Waals surface area contributed by atoms with Crippen molar-refractivity contribution in [1.82, 2.24) is 0 Å². The van der Waals surface area contributed by atoms with E-state index < -0.39 is 22.0 Å². The van der Waals surface area contributed by atoms with Gasteiger partial charge < -0.3 is 4.42 Å². The Morgan fingerprint density at radius 2 is 1.46 bits per heavy atom. The first-order valence-electron chi connectivity index (χ1n) is 8.81. The lowest BCUT2D eigenvalue weighted by atomic mass is 10.00. The van der Waals surface area contributed by atoms with Crippen molar-refractivity contribution < 1.29 is 22.0 Å². The van der Waals surface area contributed by atoms with E-state index in [1.165, 1.54) is 6.07 Å². The Kier molecular flexibility index (Phi) is 4.70. The second-order valence-electron chi connectivity index (χ2n) is 6.65. The van der Waals surface area contributed by atoms with Gasteiger partial charge in [-0.3, -0.25) is 0 Å².